The quantitative estimate of drug-likeness (QED) is 0.297. The summed E-state index contributed by atoms with van der Waals surface area (Å²) in [4.78, 5) is 34.9. The van der Waals surface area contributed by atoms with E-state index in [1.165, 1.54) is 12.3 Å². The van der Waals surface area contributed by atoms with Gasteiger partial charge in [-0.05, 0) is 86.0 Å². The lowest BCUT2D eigenvalue weighted by molar-refractivity contribution is -0.0347. The first-order valence-electron chi connectivity index (χ1n) is 13.3. The van der Waals surface area contributed by atoms with Crippen LogP contribution in [0.4, 0.5) is 8.78 Å². The molecule has 0 N–H and O–H groups in total. The van der Waals surface area contributed by atoms with E-state index in [1.807, 2.05) is 40.1 Å². The predicted molar refractivity (Wildman–Crippen MR) is 146 cm³/mol. The molecule has 1 spiro atoms. The number of benzene rings is 3. The van der Waals surface area contributed by atoms with E-state index in [1.54, 1.807) is 36.4 Å². The summed E-state index contributed by atoms with van der Waals surface area (Å²) in [5.41, 5.74) is 1.27. The normalized spacial score (nSPS) is 15.9. The summed E-state index contributed by atoms with van der Waals surface area (Å²) in [6.45, 7) is 1.67. The third kappa shape index (κ3) is 4.81. The molecule has 0 radical (unpaired) electrons. The lowest BCUT2D eigenvalue weighted by atomic mass is 9.75. The molecule has 2 aliphatic rings. The van der Waals surface area contributed by atoms with Crippen molar-refractivity contribution in [3.63, 3.8) is 0 Å². The standard InChI is InChI=1S/C32H27F2N3O3/c33-27-13-10-23(21-28(27)34)29-26(7-4-17-35-29)31(39)37-20-16-32(37)14-18-36(19-15-32)30(38)22-8-11-25(12-9-22)40-24-5-2-1-3-6-24/h1-13,17,21H,14-16,18-20H2. The third-order valence-corrected chi connectivity index (χ3v) is 7.91. The minimum atomic E-state index is -0.989. The van der Waals surface area contributed by atoms with Gasteiger partial charge in [-0.2, -0.15) is 0 Å². The van der Waals surface area contributed by atoms with Crippen molar-refractivity contribution >= 4 is 11.8 Å². The zero-order chi connectivity index (χ0) is 27.7. The van der Waals surface area contributed by atoms with Crippen molar-refractivity contribution in [3.8, 4) is 22.8 Å². The number of nitrogens with zero attached hydrogens (tertiary/aromatic N) is 3. The molecule has 40 heavy (non-hydrogen) atoms. The van der Waals surface area contributed by atoms with Crippen molar-refractivity contribution in [2.75, 3.05) is 19.6 Å². The lowest BCUT2D eigenvalue weighted by Crippen LogP contribution is -2.66. The Balaban J connectivity index is 1.12. The van der Waals surface area contributed by atoms with Crippen molar-refractivity contribution in [2.45, 2.75) is 24.8 Å². The molecule has 6 nitrogen and oxygen atoms in total. The Bertz CT molecular complexity index is 1550. The number of aromatic nitrogens is 1. The molecule has 1 aromatic heterocycles. The molecule has 2 amide bonds. The van der Waals surface area contributed by atoms with Gasteiger partial charge in [0.25, 0.3) is 11.8 Å². The molecule has 2 aliphatic heterocycles. The molecule has 0 bridgehead atoms. The number of carbonyl (C=O) groups is 2. The average molecular weight is 540 g/mol. The summed E-state index contributed by atoms with van der Waals surface area (Å²) >= 11 is 0. The molecule has 3 heterocycles. The zero-order valence-electron chi connectivity index (χ0n) is 21.7. The molecule has 3 aromatic carbocycles. The van der Waals surface area contributed by atoms with Crippen LogP contribution < -0.4 is 4.74 Å². The van der Waals surface area contributed by atoms with Crippen LogP contribution in [0.3, 0.4) is 0 Å². The summed E-state index contributed by atoms with van der Waals surface area (Å²) in [5, 5.41) is 0. The maximum absolute atomic E-state index is 13.9. The Kier molecular flexibility index (Phi) is 6.76. The molecular formula is C32H27F2N3O3. The minimum absolute atomic E-state index is 0.0498. The molecule has 8 heteroatoms. The van der Waals surface area contributed by atoms with Gasteiger partial charge in [0.05, 0.1) is 11.3 Å². The lowest BCUT2D eigenvalue weighted by Gasteiger charge is -2.56. The number of piperidine rings is 1. The van der Waals surface area contributed by atoms with Crippen molar-refractivity contribution in [2.24, 2.45) is 0 Å². The summed E-state index contributed by atoms with van der Waals surface area (Å²) < 4.78 is 33.2. The smallest absolute Gasteiger partial charge is 0.256 e. The topological polar surface area (TPSA) is 62.7 Å². The van der Waals surface area contributed by atoms with Crippen LogP contribution in [0.25, 0.3) is 11.3 Å². The monoisotopic (exact) mass is 539 g/mol. The summed E-state index contributed by atoms with van der Waals surface area (Å²) in [5.74, 6) is -0.795. The number of pyridine rings is 1. The SMILES string of the molecule is O=C(c1ccc(Oc2ccccc2)cc1)N1CCC2(CC1)CCN2C(=O)c1cccnc1-c1ccc(F)c(F)c1. The van der Waals surface area contributed by atoms with Crippen molar-refractivity contribution in [1.29, 1.82) is 0 Å². The van der Waals surface area contributed by atoms with E-state index in [0.29, 0.717) is 60.6 Å². The van der Waals surface area contributed by atoms with Crippen LogP contribution >= 0.6 is 0 Å². The van der Waals surface area contributed by atoms with Gasteiger partial charge in [-0.15, -0.1) is 0 Å². The fourth-order valence-corrected chi connectivity index (χ4v) is 5.57. The van der Waals surface area contributed by atoms with Crippen LogP contribution in [0, 0.1) is 11.6 Å². The van der Waals surface area contributed by atoms with Crippen molar-refractivity contribution < 1.29 is 23.1 Å². The number of hydrogen-bond donors (Lipinski definition) is 0. The minimum Gasteiger partial charge on any atom is -0.457 e. The van der Waals surface area contributed by atoms with Crippen LogP contribution in [0.2, 0.25) is 0 Å². The van der Waals surface area contributed by atoms with Gasteiger partial charge in [0.2, 0.25) is 0 Å². The number of hydrogen-bond acceptors (Lipinski definition) is 4. The van der Waals surface area contributed by atoms with Crippen LogP contribution in [-0.4, -0.2) is 51.8 Å². The van der Waals surface area contributed by atoms with Gasteiger partial charge in [0.15, 0.2) is 11.6 Å². The van der Waals surface area contributed by atoms with Gasteiger partial charge < -0.3 is 14.5 Å². The van der Waals surface area contributed by atoms with E-state index in [4.69, 9.17) is 4.74 Å². The van der Waals surface area contributed by atoms with Crippen LogP contribution in [-0.2, 0) is 0 Å². The zero-order valence-corrected chi connectivity index (χ0v) is 21.7. The maximum atomic E-state index is 13.9. The number of halogens is 2. The highest BCUT2D eigenvalue weighted by atomic mass is 19.2. The van der Waals surface area contributed by atoms with Crippen LogP contribution in [0.1, 0.15) is 40.0 Å². The van der Waals surface area contributed by atoms with Gasteiger partial charge in [0, 0.05) is 42.5 Å². The second kappa shape index (κ2) is 10.5. The highest BCUT2D eigenvalue weighted by Crippen LogP contribution is 2.42. The number of rotatable bonds is 5. The van der Waals surface area contributed by atoms with Crippen molar-refractivity contribution in [1.82, 2.24) is 14.8 Å². The maximum Gasteiger partial charge on any atom is 0.256 e. The molecule has 0 aliphatic carbocycles. The Hall–Kier alpha value is -4.59. The fraction of sp³-hybridized carbons (Fsp3) is 0.219. The summed E-state index contributed by atoms with van der Waals surface area (Å²) in [6.07, 6.45) is 3.72. The molecule has 2 fully saturated rings. The molecule has 0 unspecified atom stereocenters. The van der Waals surface area contributed by atoms with E-state index in [9.17, 15) is 18.4 Å². The Morgan fingerprint density at radius 2 is 1.45 bits per heavy atom. The average Bonchev–Trinajstić information content (AvgIpc) is 2.98. The number of para-hydroxylation sites is 1. The molecule has 2 saturated heterocycles. The first-order chi connectivity index (χ1) is 19.4. The first-order valence-corrected chi connectivity index (χ1v) is 13.3. The highest BCUT2D eigenvalue weighted by molar-refractivity contribution is 6.01. The number of ether oxygens (including phenoxy) is 1. The third-order valence-electron chi connectivity index (χ3n) is 7.91. The molecule has 4 aromatic rings. The second-order valence-corrected chi connectivity index (χ2v) is 10.2. The number of amides is 2. The van der Waals surface area contributed by atoms with E-state index in [0.717, 1.165) is 24.3 Å². The Labute approximate surface area is 230 Å². The van der Waals surface area contributed by atoms with Gasteiger partial charge in [-0.3, -0.25) is 14.6 Å². The van der Waals surface area contributed by atoms with E-state index < -0.39 is 11.6 Å². The largest absolute Gasteiger partial charge is 0.457 e. The molecule has 0 saturated carbocycles. The van der Waals surface area contributed by atoms with Gasteiger partial charge in [-0.1, -0.05) is 18.2 Å². The predicted octanol–water partition coefficient (Wildman–Crippen LogP) is 6.34. The molecule has 6 rings (SSSR count). The summed E-state index contributed by atoms with van der Waals surface area (Å²) in [7, 11) is 0. The summed E-state index contributed by atoms with van der Waals surface area (Å²) in [6, 6.07) is 23.4. The van der Waals surface area contributed by atoms with E-state index >= 15 is 0 Å². The van der Waals surface area contributed by atoms with Crippen LogP contribution in [0.5, 0.6) is 11.5 Å². The van der Waals surface area contributed by atoms with Gasteiger partial charge in [0.1, 0.15) is 11.5 Å². The first kappa shape index (κ1) is 25.7. The molecular weight excluding hydrogens is 512 g/mol. The highest BCUT2D eigenvalue weighted by Gasteiger charge is 2.49. The molecule has 202 valence electrons. The second-order valence-electron chi connectivity index (χ2n) is 10.2. The Morgan fingerprint density at radius 1 is 0.750 bits per heavy atom. The van der Waals surface area contributed by atoms with E-state index in [-0.39, 0.29) is 17.4 Å². The van der Waals surface area contributed by atoms with Crippen LogP contribution in [0.15, 0.2) is 91.1 Å². The van der Waals surface area contributed by atoms with Gasteiger partial charge in [-0.25, -0.2) is 8.78 Å². The van der Waals surface area contributed by atoms with Gasteiger partial charge >= 0.3 is 0 Å². The number of likely N-dealkylation sites (tertiary alicyclic amines) is 2. The fourth-order valence-electron chi connectivity index (χ4n) is 5.57. The van der Waals surface area contributed by atoms with E-state index in [2.05, 4.69) is 4.98 Å². The number of carbonyl (C=O) groups excluding carboxylic acids is 2. The Morgan fingerprint density at radius 3 is 2.12 bits per heavy atom. The molecule has 0 atom stereocenters. The van der Waals surface area contributed by atoms with Crippen molar-refractivity contribution in [3.05, 3.63) is 114 Å².